The molecule has 0 radical (unpaired) electrons. The number of carboxylic acid groups (broad SMARTS) is 1. The van der Waals surface area contributed by atoms with E-state index in [4.69, 9.17) is 5.11 Å². The summed E-state index contributed by atoms with van der Waals surface area (Å²) in [7, 11) is 0. The number of carboxylic acids is 1. The van der Waals surface area contributed by atoms with E-state index < -0.39 is 5.97 Å². The van der Waals surface area contributed by atoms with E-state index in [0.717, 1.165) is 12.8 Å². The number of benzene rings is 2. The van der Waals surface area contributed by atoms with Crippen LogP contribution in [0.2, 0.25) is 0 Å². The van der Waals surface area contributed by atoms with Gasteiger partial charge in [0.25, 0.3) is 0 Å². The van der Waals surface area contributed by atoms with E-state index in [1.165, 1.54) is 16.7 Å². The van der Waals surface area contributed by atoms with Crippen molar-refractivity contribution in [3.05, 3.63) is 60.2 Å². The monoisotopic (exact) mass is 268 g/mol. The van der Waals surface area contributed by atoms with Crippen molar-refractivity contribution in [3.63, 3.8) is 0 Å². The Morgan fingerprint density at radius 3 is 2.45 bits per heavy atom. The second kappa shape index (κ2) is 6.90. The van der Waals surface area contributed by atoms with Crippen LogP contribution in [0.1, 0.15) is 25.3 Å². The van der Waals surface area contributed by atoms with Gasteiger partial charge in [-0.2, -0.15) is 0 Å². The average Bonchev–Trinajstić information content (AvgIpc) is 2.46. The molecule has 20 heavy (non-hydrogen) atoms. The van der Waals surface area contributed by atoms with Gasteiger partial charge in [0.15, 0.2) is 0 Å². The third kappa shape index (κ3) is 4.23. The first-order valence-corrected chi connectivity index (χ1v) is 7.01. The van der Waals surface area contributed by atoms with Gasteiger partial charge in [-0.3, -0.25) is 4.79 Å². The fourth-order valence-electron chi connectivity index (χ4n) is 2.35. The van der Waals surface area contributed by atoms with Crippen LogP contribution < -0.4 is 0 Å². The Kier molecular flexibility index (Phi) is 4.94. The molecule has 1 atom stereocenters. The van der Waals surface area contributed by atoms with E-state index >= 15 is 0 Å². The molecule has 1 unspecified atom stereocenters. The quantitative estimate of drug-likeness (QED) is 0.843. The van der Waals surface area contributed by atoms with Crippen LogP contribution in [0, 0.1) is 5.92 Å². The first-order chi connectivity index (χ1) is 9.65. The van der Waals surface area contributed by atoms with Gasteiger partial charge < -0.3 is 5.11 Å². The Morgan fingerprint density at radius 1 is 1.05 bits per heavy atom. The first kappa shape index (κ1) is 14.3. The van der Waals surface area contributed by atoms with Gasteiger partial charge in [0.1, 0.15) is 0 Å². The molecule has 0 aliphatic heterocycles. The maximum atomic E-state index is 10.7. The fraction of sp³-hybridized carbons (Fsp3) is 0.278. The highest BCUT2D eigenvalue weighted by molar-refractivity contribution is 5.67. The predicted molar refractivity (Wildman–Crippen MR) is 81.6 cm³/mol. The average molecular weight is 268 g/mol. The summed E-state index contributed by atoms with van der Waals surface area (Å²) < 4.78 is 0. The molecular formula is C18H20O2. The van der Waals surface area contributed by atoms with Crippen molar-refractivity contribution >= 4 is 5.97 Å². The van der Waals surface area contributed by atoms with E-state index in [1.54, 1.807) is 0 Å². The molecule has 0 fully saturated rings. The molecule has 0 aromatic heterocycles. The van der Waals surface area contributed by atoms with Crippen LogP contribution in [-0.2, 0) is 11.2 Å². The normalized spacial score (nSPS) is 12.1. The zero-order chi connectivity index (χ0) is 14.4. The lowest BCUT2D eigenvalue weighted by Gasteiger charge is -2.09. The van der Waals surface area contributed by atoms with Crippen LogP contribution in [0.5, 0.6) is 0 Å². The van der Waals surface area contributed by atoms with Crippen LogP contribution in [-0.4, -0.2) is 11.1 Å². The second-order valence-electron chi connectivity index (χ2n) is 5.31. The van der Waals surface area contributed by atoms with E-state index in [1.807, 2.05) is 25.1 Å². The van der Waals surface area contributed by atoms with Crippen molar-refractivity contribution in [1.82, 2.24) is 0 Å². The Morgan fingerprint density at radius 2 is 1.75 bits per heavy atom. The SMILES string of the molecule is CC(CCc1cccc(-c2ccccc2)c1)CC(=O)O. The van der Waals surface area contributed by atoms with Gasteiger partial charge in [0, 0.05) is 6.42 Å². The van der Waals surface area contributed by atoms with Crippen molar-refractivity contribution < 1.29 is 9.90 Å². The van der Waals surface area contributed by atoms with Crippen molar-refractivity contribution in [2.75, 3.05) is 0 Å². The van der Waals surface area contributed by atoms with Gasteiger partial charge in [-0.1, -0.05) is 61.5 Å². The van der Waals surface area contributed by atoms with Gasteiger partial charge in [0.05, 0.1) is 0 Å². The smallest absolute Gasteiger partial charge is 0.303 e. The first-order valence-electron chi connectivity index (χ1n) is 7.01. The number of aliphatic carboxylic acids is 1. The lowest BCUT2D eigenvalue weighted by molar-refractivity contribution is -0.138. The summed E-state index contributed by atoms with van der Waals surface area (Å²) in [4.78, 5) is 10.7. The number of hydrogen-bond donors (Lipinski definition) is 1. The maximum absolute atomic E-state index is 10.7. The third-order valence-electron chi connectivity index (χ3n) is 3.48. The predicted octanol–water partition coefficient (Wildman–Crippen LogP) is 4.40. The molecule has 0 heterocycles. The lowest BCUT2D eigenvalue weighted by atomic mass is 9.96. The molecule has 0 bridgehead atoms. The van der Waals surface area contributed by atoms with Crippen LogP contribution >= 0.6 is 0 Å². The van der Waals surface area contributed by atoms with Gasteiger partial charge in [-0.25, -0.2) is 0 Å². The van der Waals surface area contributed by atoms with Crippen molar-refractivity contribution in [2.24, 2.45) is 5.92 Å². The van der Waals surface area contributed by atoms with E-state index in [9.17, 15) is 4.79 Å². The standard InChI is InChI=1S/C18H20O2/c1-14(12-18(19)20)10-11-15-6-5-9-17(13-15)16-7-3-2-4-8-16/h2-9,13-14H,10-12H2,1H3,(H,19,20). The summed E-state index contributed by atoms with van der Waals surface area (Å²) >= 11 is 0. The van der Waals surface area contributed by atoms with Crippen LogP contribution in [0.15, 0.2) is 54.6 Å². The molecule has 104 valence electrons. The number of carbonyl (C=O) groups is 1. The lowest BCUT2D eigenvalue weighted by Crippen LogP contribution is -2.05. The Labute approximate surface area is 120 Å². The van der Waals surface area contributed by atoms with Gasteiger partial charge in [-0.15, -0.1) is 0 Å². The Balaban J connectivity index is 2.02. The minimum absolute atomic E-state index is 0.216. The molecule has 0 spiro atoms. The molecule has 2 aromatic carbocycles. The highest BCUT2D eigenvalue weighted by atomic mass is 16.4. The van der Waals surface area contributed by atoms with E-state index in [-0.39, 0.29) is 12.3 Å². The summed E-state index contributed by atoms with van der Waals surface area (Å²) in [6.45, 7) is 2.00. The molecule has 2 nitrogen and oxygen atoms in total. The number of hydrogen-bond acceptors (Lipinski definition) is 1. The van der Waals surface area contributed by atoms with E-state index in [0.29, 0.717) is 0 Å². The third-order valence-corrected chi connectivity index (χ3v) is 3.48. The van der Waals surface area contributed by atoms with Crippen molar-refractivity contribution in [2.45, 2.75) is 26.2 Å². The van der Waals surface area contributed by atoms with Gasteiger partial charge in [0.2, 0.25) is 0 Å². The zero-order valence-electron chi connectivity index (χ0n) is 11.8. The highest BCUT2D eigenvalue weighted by Crippen LogP contribution is 2.21. The minimum atomic E-state index is -0.712. The molecule has 2 aromatic rings. The molecule has 1 N–H and O–H groups in total. The molecule has 0 aliphatic carbocycles. The summed E-state index contributed by atoms with van der Waals surface area (Å²) in [5.41, 5.74) is 3.70. The van der Waals surface area contributed by atoms with Crippen LogP contribution in [0.3, 0.4) is 0 Å². The fourth-order valence-corrected chi connectivity index (χ4v) is 2.35. The number of rotatable bonds is 6. The second-order valence-corrected chi connectivity index (χ2v) is 5.31. The number of aryl methyl sites for hydroxylation is 1. The molecule has 2 rings (SSSR count). The van der Waals surface area contributed by atoms with Gasteiger partial charge in [-0.05, 0) is 35.4 Å². The Hall–Kier alpha value is -2.09. The van der Waals surface area contributed by atoms with E-state index in [2.05, 4.69) is 36.4 Å². The topological polar surface area (TPSA) is 37.3 Å². The highest BCUT2D eigenvalue weighted by Gasteiger charge is 2.08. The summed E-state index contributed by atoms with van der Waals surface area (Å²) in [5, 5.41) is 8.77. The van der Waals surface area contributed by atoms with Crippen molar-refractivity contribution in [3.8, 4) is 11.1 Å². The summed E-state index contributed by atoms with van der Waals surface area (Å²) in [6, 6.07) is 18.8. The largest absolute Gasteiger partial charge is 0.481 e. The molecule has 2 heteroatoms. The van der Waals surface area contributed by atoms with Crippen LogP contribution in [0.25, 0.3) is 11.1 Å². The van der Waals surface area contributed by atoms with Crippen LogP contribution in [0.4, 0.5) is 0 Å². The zero-order valence-corrected chi connectivity index (χ0v) is 11.8. The van der Waals surface area contributed by atoms with Crippen molar-refractivity contribution in [1.29, 1.82) is 0 Å². The molecule has 0 saturated carbocycles. The van der Waals surface area contributed by atoms with Gasteiger partial charge >= 0.3 is 5.97 Å². The minimum Gasteiger partial charge on any atom is -0.481 e. The molecule has 0 aliphatic rings. The maximum Gasteiger partial charge on any atom is 0.303 e. The summed E-state index contributed by atoms with van der Waals surface area (Å²) in [6.07, 6.45) is 2.08. The molecule has 0 saturated heterocycles. The molecule has 0 amide bonds. The summed E-state index contributed by atoms with van der Waals surface area (Å²) in [5.74, 6) is -0.497. The Bertz CT molecular complexity index is 561. The molecular weight excluding hydrogens is 248 g/mol.